The lowest BCUT2D eigenvalue weighted by Crippen LogP contribution is -2.36. The van der Waals surface area contributed by atoms with Crippen LogP contribution in [0.25, 0.3) is 0 Å². The van der Waals surface area contributed by atoms with Crippen LogP contribution < -0.4 is 10.6 Å². The predicted octanol–water partition coefficient (Wildman–Crippen LogP) is 3.07. The highest BCUT2D eigenvalue weighted by Crippen LogP contribution is 2.17. The fraction of sp³-hybridized carbons (Fsp3) is 0.294. The van der Waals surface area contributed by atoms with Gasteiger partial charge in [-0.25, -0.2) is 4.79 Å². The number of pyridine rings is 1. The van der Waals surface area contributed by atoms with Gasteiger partial charge in [-0.05, 0) is 30.0 Å². The Hall–Kier alpha value is -2.36. The summed E-state index contributed by atoms with van der Waals surface area (Å²) >= 11 is 0. The second kappa shape index (κ2) is 8.04. The molecule has 0 aliphatic rings. The molecule has 0 saturated carbocycles. The number of nitrogens with one attached hydrogen (secondary N) is 2. The highest BCUT2D eigenvalue weighted by molar-refractivity contribution is 5.73. The molecule has 1 aromatic carbocycles. The smallest absolute Gasteiger partial charge is 0.315 e. The van der Waals surface area contributed by atoms with E-state index in [1.807, 2.05) is 36.4 Å². The van der Waals surface area contributed by atoms with Crippen LogP contribution in [0.15, 0.2) is 54.7 Å². The maximum absolute atomic E-state index is 11.7. The van der Waals surface area contributed by atoms with Gasteiger partial charge in [-0.15, -0.1) is 0 Å². The van der Waals surface area contributed by atoms with E-state index >= 15 is 0 Å². The Labute approximate surface area is 125 Å². The zero-order valence-electron chi connectivity index (χ0n) is 12.3. The van der Waals surface area contributed by atoms with E-state index in [-0.39, 0.29) is 6.03 Å². The van der Waals surface area contributed by atoms with Gasteiger partial charge in [-0.1, -0.05) is 43.3 Å². The molecule has 0 spiro atoms. The van der Waals surface area contributed by atoms with Gasteiger partial charge in [0.25, 0.3) is 0 Å². The summed E-state index contributed by atoms with van der Waals surface area (Å²) in [6.07, 6.45) is 2.64. The van der Waals surface area contributed by atoms with Crippen LogP contribution in [0.4, 0.5) is 4.79 Å². The Kier molecular flexibility index (Phi) is 5.76. The van der Waals surface area contributed by atoms with Gasteiger partial charge in [0.05, 0.1) is 12.2 Å². The van der Waals surface area contributed by atoms with E-state index in [1.54, 1.807) is 6.20 Å². The molecule has 0 aliphatic carbocycles. The number of carbonyl (C=O) groups is 1. The quantitative estimate of drug-likeness (QED) is 0.856. The number of amides is 2. The van der Waals surface area contributed by atoms with E-state index in [0.29, 0.717) is 19.0 Å². The van der Waals surface area contributed by atoms with E-state index in [4.69, 9.17) is 0 Å². The maximum Gasteiger partial charge on any atom is 0.315 e. The topological polar surface area (TPSA) is 54.0 Å². The van der Waals surface area contributed by atoms with E-state index in [2.05, 4.69) is 34.7 Å². The zero-order chi connectivity index (χ0) is 14.9. The van der Waals surface area contributed by atoms with Crippen molar-refractivity contribution in [2.75, 3.05) is 6.54 Å². The van der Waals surface area contributed by atoms with Crippen LogP contribution in [0.5, 0.6) is 0 Å². The van der Waals surface area contributed by atoms with Crippen molar-refractivity contribution in [3.63, 3.8) is 0 Å². The van der Waals surface area contributed by atoms with Gasteiger partial charge in [0.15, 0.2) is 0 Å². The first kappa shape index (κ1) is 15.0. The molecule has 0 saturated heterocycles. The number of urea groups is 1. The van der Waals surface area contributed by atoms with Gasteiger partial charge in [0, 0.05) is 12.7 Å². The number of benzene rings is 1. The molecule has 2 aromatic rings. The minimum atomic E-state index is -0.152. The summed E-state index contributed by atoms with van der Waals surface area (Å²) in [5.41, 5.74) is 2.15. The van der Waals surface area contributed by atoms with Crippen LogP contribution in [0, 0.1) is 0 Å². The molecule has 1 unspecified atom stereocenters. The molecule has 4 nitrogen and oxygen atoms in total. The number of carbonyl (C=O) groups excluding carboxylic acids is 1. The number of rotatable bonds is 6. The molecule has 1 aromatic heterocycles. The molecule has 0 radical (unpaired) electrons. The first-order valence-electron chi connectivity index (χ1n) is 7.22. The summed E-state index contributed by atoms with van der Waals surface area (Å²) in [5, 5.41) is 5.68. The van der Waals surface area contributed by atoms with Crippen molar-refractivity contribution < 1.29 is 4.79 Å². The first-order valence-corrected chi connectivity index (χ1v) is 7.22. The Morgan fingerprint density at radius 2 is 1.86 bits per heavy atom. The fourth-order valence-corrected chi connectivity index (χ4v) is 2.09. The molecule has 0 fully saturated rings. The third-order valence-corrected chi connectivity index (χ3v) is 3.39. The Bertz CT molecular complexity index is 542. The highest BCUT2D eigenvalue weighted by Gasteiger charge is 2.06. The average molecular weight is 283 g/mol. The van der Waals surface area contributed by atoms with E-state index in [1.165, 1.54) is 5.56 Å². The number of hydrogen-bond acceptors (Lipinski definition) is 2. The van der Waals surface area contributed by atoms with Crippen molar-refractivity contribution in [3.8, 4) is 0 Å². The molecule has 1 heterocycles. The lowest BCUT2D eigenvalue weighted by Gasteiger charge is -2.12. The molecule has 110 valence electrons. The lowest BCUT2D eigenvalue weighted by molar-refractivity contribution is 0.240. The molecule has 2 amide bonds. The third-order valence-electron chi connectivity index (χ3n) is 3.39. The van der Waals surface area contributed by atoms with Gasteiger partial charge in [0.2, 0.25) is 0 Å². The van der Waals surface area contributed by atoms with Gasteiger partial charge in [-0.3, -0.25) is 4.98 Å². The predicted molar refractivity (Wildman–Crippen MR) is 83.9 cm³/mol. The van der Waals surface area contributed by atoms with Crippen molar-refractivity contribution in [2.45, 2.75) is 25.8 Å². The van der Waals surface area contributed by atoms with Gasteiger partial charge < -0.3 is 10.6 Å². The van der Waals surface area contributed by atoms with Gasteiger partial charge in [-0.2, -0.15) is 0 Å². The number of nitrogens with zero attached hydrogens (tertiary/aromatic N) is 1. The zero-order valence-corrected chi connectivity index (χ0v) is 12.3. The lowest BCUT2D eigenvalue weighted by atomic mass is 9.98. The van der Waals surface area contributed by atoms with Crippen molar-refractivity contribution in [3.05, 3.63) is 66.0 Å². The Morgan fingerprint density at radius 3 is 2.57 bits per heavy atom. The largest absolute Gasteiger partial charge is 0.338 e. The molecule has 0 bridgehead atoms. The standard InChI is InChI=1S/C17H21N3O/c1-14(15-7-3-2-4-8-15)10-12-19-17(21)20-13-16-9-5-6-11-18-16/h2-9,11,14H,10,12-13H2,1H3,(H2,19,20,21). The van der Waals surface area contributed by atoms with Crippen molar-refractivity contribution in [1.29, 1.82) is 0 Å². The Balaban J connectivity index is 1.65. The van der Waals surface area contributed by atoms with Gasteiger partial charge >= 0.3 is 6.03 Å². The minimum absolute atomic E-state index is 0.152. The van der Waals surface area contributed by atoms with Crippen LogP contribution in [0.2, 0.25) is 0 Å². The van der Waals surface area contributed by atoms with Crippen molar-refractivity contribution in [1.82, 2.24) is 15.6 Å². The summed E-state index contributed by atoms with van der Waals surface area (Å²) in [4.78, 5) is 15.8. The number of aromatic nitrogens is 1. The summed E-state index contributed by atoms with van der Waals surface area (Å²) in [6, 6.07) is 15.8. The third kappa shape index (κ3) is 5.26. The molecule has 4 heteroatoms. The second-order valence-corrected chi connectivity index (χ2v) is 5.03. The van der Waals surface area contributed by atoms with Crippen molar-refractivity contribution in [2.24, 2.45) is 0 Å². The van der Waals surface area contributed by atoms with Crippen molar-refractivity contribution >= 4 is 6.03 Å². The summed E-state index contributed by atoms with van der Waals surface area (Å²) < 4.78 is 0. The summed E-state index contributed by atoms with van der Waals surface area (Å²) in [5.74, 6) is 0.433. The first-order chi connectivity index (χ1) is 10.3. The van der Waals surface area contributed by atoms with Crippen LogP contribution in [-0.2, 0) is 6.54 Å². The average Bonchev–Trinajstić information content (AvgIpc) is 2.54. The van der Waals surface area contributed by atoms with Crippen LogP contribution in [0.3, 0.4) is 0 Å². The fourth-order valence-electron chi connectivity index (χ4n) is 2.09. The molecule has 0 aliphatic heterocycles. The molecular weight excluding hydrogens is 262 g/mol. The van der Waals surface area contributed by atoms with E-state index in [0.717, 1.165) is 12.1 Å². The Morgan fingerprint density at radius 1 is 1.10 bits per heavy atom. The SMILES string of the molecule is CC(CCNC(=O)NCc1ccccn1)c1ccccc1. The summed E-state index contributed by atoms with van der Waals surface area (Å²) in [7, 11) is 0. The second-order valence-electron chi connectivity index (χ2n) is 5.03. The molecule has 21 heavy (non-hydrogen) atoms. The van der Waals surface area contributed by atoms with Crippen LogP contribution >= 0.6 is 0 Å². The molecular formula is C17H21N3O. The molecule has 2 N–H and O–H groups in total. The highest BCUT2D eigenvalue weighted by atomic mass is 16.2. The van der Waals surface area contributed by atoms with E-state index in [9.17, 15) is 4.79 Å². The maximum atomic E-state index is 11.7. The van der Waals surface area contributed by atoms with E-state index < -0.39 is 0 Å². The summed E-state index contributed by atoms with van der Waals surface area (Å²) in [6.45, 7) is 3.27. The number of hydrogen-bond donors (Lipinski definition) is 2. The van der Waals surface area contributed by atoms with Crippen LogP contribution in [-0.4, -0.2) is 17.6 Å². The normalized spacial score (nSPS) is 11.7. The van der Waals surface area contributed by atoms with Gasteiger partial charge in [0.1, 0.15) is 0 Å². The van der Waals surface area contributed by atoms with Crippen LogP contribution in [0.1, 0.15) is 30.5 Å². The monoisotopic (exact) mass is 283 g/mol. The molecule has 2 rings (SSSR count). The minimum Gasteiger partial charge on any atom is -0.338 e. The molecule has 1 atom stereocenters.